The number of hydrogen-bond donors (Lipinski definition) is 0. The van der Waals surface area contributed by atoms with Crippen molar-refractivity contribution in [2.75, 3.05) is 6.61 Å². The number of aldehydes is 1. The van der Waals surface area contributed by atoms with Gasteiger partial charge in [0.15, 0.2) is 0 Å². The molecule has 0 N–H and O–H groups in total. The van der Waals surface area contributed by atoms with Gasteiger partial charge in [-0.3, -0.25) is 4.79 Å². The maximum atomic E-state index is 10.3. The number of carbonyl (C=O) groups is 1. The van der Waals surface area contributed by atoms with E-state index in [2.05, 4.69) is 6.92 Å². The predicted octanol–water partition coefficient (Wildman–Crippen LogP) is 2.43. The highest BCUT2D eigenvalue weighted by molar-refractivity contribution is 5.74. The SMILES string of the molecule is CCCOCc1ccc(C=O)cc1. The van der Waals surface area contributed by atoms with Gasteiger partial charge in [0.25, 0.3) is 0 Å². The summed E-state index contributed by atoms with van der Waals surface area (Å²) >= 11 is 0. The highest BCUT2D eigenvalue weighted by Gasteiger charge is 1.93. The van der Waals surface area contributed by atoms with Crippen molar-refractivity contribution in [1.82, 2.24) is 0 Å². The summed E-state index contributed by atoms with van der Waals surface area (Å²) in [5.74, 6) is 0. The molecule has 2 nitrogen and oxygen atoms in total. The lowest BCUT2D eigenvalue weighted by molar-refractivity contribution is 0.112. The first-order valence-electron chi connectivity index (χ1n) is 4.48. The minimum absolute atomic E-state index is 0.632. The zero-order chi connectivity index (χ0) is 9.52. The van der Waals surface area contributed by atoms with Gasteiger partial charge in [0.05, 0.1) is 6.61 Å². The molecule has 1 rings (SSSR count). The third-order valence-corrected chi connectivity index (χ3v) is 1.73. The van der Waals surface area contributed by atoms with Crippen LogP contribution in [-0.4, -0.2) is 12.9 Å². The average molecular weight is 178 g/mol. The van der Waals surface area contributed by atoms with E-state index in [4.69, 9.17) is 4.74 Å². The maximum Gasteiger partial charge on any atom is 0.150 e. The van der Waals surface area contributed by atoms with E-state index >= 15 is 0 Å². The van der Waals surface area contributed by atoms with Gasteiger partial charge in [-0.05, 0) is 12.0 Å². The lowest BCUT2D eigenvalue weighted by Crippen LogP contribution is -1.93. The second-order valence-corrected chi connectivity index (χ2v) is 2.91. The molecular formula is C11H14O2. The minimum atomic E-state index is 0.632. The van der Waals surface area contributed by atoms with E-state index in [0.717, 1.165) is 24.9 Å². The predicted molar refractivity (Wildman–Crippen MR) is 51.8 cm³/mol. The van der Waals surface area contributed by atoms with E-state index < -0.39 is 0 Å². The third-order valence-electron chi connectivity index (χ3n) is 1.73. The van der Waals surface area contributed by atoms with E-state index in [9.17, 15) is 4.79 Å². The average Bonchev–Trinajstić information content (AvgIpc) is 2.19. The Hall–Kier alpha value is -1.15. The number of hydrogen-bond acceptors (Lipinski definition) is 2. The fourth-order valence-corrected chi connectivity index (χ4v) is 1.03. The van der Waals surface area contributed by atoms with Crippen molar-refractivity contribution in [3.05, 3.63) is 35.4 Å². The molecule has 70 valence electrons. The Balaban J connectivity index is 2.44. The van der Waals surface area contributed by atoms with E-state index in [1.807, 2.05) is 12.1 Å². The fraction of sp³-hybridized carbons (Fsp3) is 0.364. The molecule has 0 spiro atoms. The molecule has 0 unspecified atom stereocenters. The first-order chi connectivity index (χ1) is 6.36. The molecule has 0 atom stereocenters. The van der Waals surface area contributed by atoms with Gasteiger partial charge >= 0.3 is 0 Å². The monoisotopic (exact) mass is 178 g/mol. The molecule has 0 radical (unpaired) electrons. The second-order valence-electron chi connectivity index (χ2n) is 2.91. The summed E-state index contributed by atoms with van der Waals surface area (Å²) in [7, 11) is 0. The maximum absolute atomic E-state index is 10.3. The topological polar surface area (TPSA) is 26.3 Å². The summed E-state index contributed by atoms with van der Waals surface area (Å²) in [6, 6.07) is 7.44. The van der Waals surface area contributed by atoms with Gasteiger partial charge < -0.3 is 4.74 Å². The summed E-state index contributed by atoms with van der Waals surface area (Å²) in [5, 5.41) is 0. The lowest BCUT2D eigenvalue weighted by Gasteiger charge is -2.02. The van der Waals surface area contributed by atoms with Crippen LogP contribution in [-0.2, 0) is 11.3 Å². The lowest BCUT2D eigenvalue weighted by atomic mass is 10.2. The van der Waals surface area contributed by atoms with E-state index in [1.165, 1.54) is 0 Å². The van der Waals surface area contributed by atoms with Crippen LogP contribution in [0.1, 0.15) is 29.3 Å². The highest BCUT2D eigenvalue weighted by atomic mass is 16.5. The Morgan fingerprint density at radius 2 is 2.00 bits per heavy atom. The van der Waals surface area contributed by atoms with Gasteiger partial charge in [-0.25, -0.2) is 0 Å². The summed E-state index contributed by atoms with van der Waals surface area (Å²) < 4.78 is 5.35. The molecule has 0 aliphatic rings. The van der Waals surface area contributed by atoms with Crippen LogP contribution in [0.2, 0.25) is 0 Å². The molecule has 0 aromatic heterocycles. The van der Waals surface area contributed by atoms with Crippen molar-refractivity contribution in [3.63, 3.8) is 0 Å². The summed E-state index contributed by atoms with van der Waals surface area (Å²) in [6.07, 6.45) is 1.88. The van der Waals surface area contributed by atoms with Crippen LogP contribution < -0.4 is 0 Å². The van der Waals surface area contributed by atoms with Crippen LogP contribution in [0.15, 0.2) is 24.3 Å². The zero-order valence-electron chi connectivity index (χ0n) is 7.82. The molecule has 0 amide bonds. The number of carbonyl (C=O) groups excluding carboxylic acids is 1. The van der Waals surface area contributed by atoms with Crippen molar-refractivity contribution >= 4 is 6.29 Å². The quantitative estimate of drug-likeness (QED) is 0.511. The molecule has 1 aromatic rings. The van der Waals surface area contributed by atoms with Gasteiger partial charge in [0, 0.05) is 12.2 Å². The van der Waals surface area contributed by atoms with Crippen molar-refractivity contribution in [2.45, 2.75) is 20.0 Å². The van der Waals surface area contributed by atoms with Crippen LogP contribution in [0.25, 0.3) is 0 Å². The van der Waals surface area contributed by atoms with Crippen molar-refractivity contribution in [2.24, 2.45) is 0 Å². The molecule has 0 heterocycles. The Labute approximate surface area is 78.5 Å². The molecule has 0 saturated carbocycles. The Morgan fingerprint density at radius 3 is 2.54 bits per heavy atom. The van der Waals surface area contributed by atoms with Crippen LogP contribution in [0.5, 0.6) is 0 Å². The molecule has 13 heavy (non-hydrogen) atoms. The molecular weight excluding hydrogens is 164 g/mol. The molecule has 0 bridgehead atoms. The summed E-state index contributed by atoms with van der Waals surface area (Å²) in [5.41, 5.74) is 1.82. The second kappa shape index (κ2) is 5.49. The largest absolute Gasteiger partial charge is 0.377 e. The molecule has 1 aromatic carbocycles. The molecule has 0 aliphatic carbocycles. The van der Waals surface area contributed by atoms with E-state index in [-0.39, 0.29) is 0 Å². The molecule has 0 aliphatic heterocycles. The Morgan fingerprint density at radius 1 is 1.31 bits per heavy atom. The van der Waals surface area contributed by atoms with Gasteiger partial charge in [-0.2, -0.15) is 0 Å². The summed E-state index contributed by atoms with van der Waals surface area (Å²) in [6.45, 7) is 3.50. The van der Waals surface area contributed by atoms with Crippen LogP contribution in [0.4, 0.5) is 0 Å². The van der Waals surface area contributed by atoms with E-state index in [1.54, 1.807) is 12.1 Å². The number of ether oxygens (including phenoxy) is 1. The highest BCUT2D eigenvalue weighted by Crippen LogP contribution is 2.03. The summed E-state index contributed by atoms with van der Waals surface area (Å²) in [4.78, 5) is 10.3. The minimum Gasteiger partial charge on any atom is -0.377 e. The van der Waals surface area contributed by atoms with Crippen LogP contribution in [0.3, 0.4) is 0 Å². The van der Waals surface area contributed by atoms with Crippen molar-refractivity contribution < 1.29 is 9.53 Å². The van der Waals surface area contributed by atoms with Crippen molar-refractivity contribution in [3.8, 4) is 0 Å². The van der Waals surface area contributed by atoms with E-state index in [0.29, 0.717) is 12.2 Å². The number of benzene rings is 1. The normalized spacial score (nSPS) is 9.92. The van der Waals surface area contributed by atoms with Crippen LogP contribution >= 0.6 is 0 Å². The third kappa shape index (κ3) is 3.38. The first kappa shape index (κ1) is 9.93. The molecule has 0 saturated heterocycles. The van der Waals surface area contributed by atoms with Gasteiger partial charge in [0.2, 0.25) is 0 Å². The zero-order valence-corrected chi connectivity index (χ0v) is 7.82. The Kier molecular flexibility index (Phi) is 4.19. The van der Waals surface area contributed by atoms with Crippen LogP contribution in [0, 0.1) is 0 Å². The smallest absolute Gasteiger partial charge is 0.150 e. The first-order valence-corrected chi connectivity index (χ1v) is 4.48. The van der Waals surface area contributed by atoms with Gasteiger partial charge in [-0.15, -0.1) is 0 Å². The van der Waals surface area contributed by atoms with Crippen molar-refractivity contribution in [1.29, 1.82) is 0 Å². The van der Waals surface area contributed by atoms with Gasteiger partial charge in [0.1, 0.15) is 6.29 Å². The van der Waals surface area contributed by atoms with Gasteiger partial charge in [-0.1, -0.05) is 31.2 Å². The fourth-order valence-electron chi connectivity index (χ4n) is 1.03. The Bertz CT molecular complexity index is 251. The standard InChI is InChI=1S/C11H14O2/c1-2-7-13-9-11-5-3-10(8-12)4-6-11/h3-6,8H,2,7,9H2,1H3. The molecule has 0 fully saturated rings. The molecule has 2 heteroatoms. The number of rotatable bonds is 5.